The summed E-state index contributed by atoms with van der Waals surface area (Å²) in [6, 6.07) is 14.3. The number of nitrogens with two attached hydrogens (primary N) is 1. The Bertz CT molecular complexity index is 1070. The highest BCUT2D eigenvalue weighted by atomic mass is 32.2. The smallest absolute Gasteiger partial charge is 0.326 e. The van der Waals surface area contributed by atoms with Crippen LogP contribution >= 0.6 is 11.8 Å². The van der Waals surface area contributed by atoms with E-state index in [0.29, 0.717) is 18.6 Å². The minimum absolute atomic E-state index is 0.101. The fraction of sp³-hybridized carbons (Fsp3) is 0.448. The first-order valence-corrected chi connectivity index (χ1v) is 14.5. The molecule has 10 heteroatoms. The van der Waals surface area contributed by atoms with Gasteiger partial charge in [-0.3, -0.25) is 14.4 Å². The molecule has 2 aromatic rings. The minimum Gasteiger partial charge on any atom is -0.480 e. The molecule has 0 fully saturated rings. The van der Waals surface area contributed by atoms with Crippen LogP contribution in [0.15, 0.2) is 60.7 Å². The number of amides is 3. The Morgan fingerprint density at radius 3 is 1.82 bits per heavy atom. The molecule has 0 saturated heterocycles. The zero-order valence-corrected chi connectivity index (χ0v) is 23.6. The quantitative estimate of drug-likeness (QED) is 0.213. The van der Waals surface area contributed by atoms with Gasteiger partial charge in [-0.1, -0.05) is 80.9 Å². The maximum atomic E-state index is 13.5. The van der Waals surface area contributed by atoms with Crippen LogP contribution in [0.25, 0.3) is 0 Å². The molecule has 0 saturated carbocycles. The summed E-state index contributed by atoms with van der Waals surface area (Å²) in [7, 11) is 0. The van der Waals surface area contributed by atoms with E-state index in [-0.39, 0.29) is 18.8 Å². The van der Waals surface area contributed by atoms with Crippen molar-refractivity contribution in [1.29, 1.82) is 0 Å². The van der Waals surface area contributed by atoms with Crippen LogP contribution in [-0.4, -0.2) is 65.0 Å². The largest absolute Gasteiger partial charge is 0.480 e. The van der Waals surface area contributed by atoms with Crippen LogP contribution in [0.3, 0.4) is 0 Å². The second kappa shape index (κ2) is 16.6. The molecule has 3 amide bonds. The summed E-state index contributed by atoms with van der Waals surface area (Å²) < 4.78 is 0. The number of aliphatic carboxylic acids is 1. The van der Waals surface area contributed by atoms with E-state index in [1.807, 2.05) is 49.6 Å². The van der Waals surface area contributed by atoms with Gasteiger partial charge in [-0.2, -0.15) is 11.8 Å². The lowest BCUT2D eigenvalue weighted by molar-refractivity contribution is -0.142. The zero-order chi connectivity index (χ0) is 28.8. The summed E-state index contributed by atoms with van der Waals surface area (Å²) in [6.07, 6.45) is 3.25. The molecular weight excluding hydrogens is 516 g/mol. The second-order valence-electron chi connectivity index (χ2n) is 9.60. The molecule has 5 unspecified atom stereocenters. The van der Waals surface area contributed by atoms with Crippen molar-refractivity contribution in [3.63, 3.8) is 0 Å². The van der Waals surface area contributed by atoms with E-state index in [1.165, 1.54) is 0 Å². The van der Waals surface area contributed by atoms with Crippen molar-refractivity contribution < 1.29 is 24.3 Å². The third kappa shape index (κ3) is 10.7. The molecule has 0 spiro atoms. The number of carboxylic acids is 1. The van der Waals surface area contributed by atoms with Gasteiger partial charge in [-0.15, -0.1) is 0 Å². The molecule has 212 valence electrons. The molecule has 2 aromatic carbocycles. The van der Waals surface area contributed by atoms with Crippen LogP contribution in [-0.2, 0) is 32.0 Å². The van der Waals surface area contributed by atoms with Gasteiger partial charge in [0, 0.05) is 12.8 Å². The molecule has 0 aromatic heterocycles. The van der Waals surface area contributed by atoms with Gasteiger partial charge in [0.05, 0.1) is 6.04 Å². The van der Waals surface area contributed by atoms with E-state index in [0.717, 1.165) is 11.1 Å². The first-order chi connectivity index (χ1) is 18.7. The summed E-state index contributed by atoms with van der Waals surface area (Å²) in [4.78, 5) is 51.5. The normalized spacial score (nSPS) is 14.8. The highest BCUT2D eigenvalue weighted by Gasteiger charge is 2.33. The molecule has 0 aliphatic rings. The van der Waals surface area contributed by atoms with E-state index in [2.05, 4.69) is 16.0 Å². The number of hydrogen-bond acceptors (Lipinski definition) is 6. The number of nitrogens with one attached hydrogen (secondary N) is 3. The van der Waals surface area contributed by atoms with Crippen molar-refractivity contribution in [2.24, 2.45) is 11.7 Å². The topological polar surface area (TPSA) is 151 Å². The van der Waals surface area contributed by atoms with Gasteiger partial charge in [0.2, 0.25) is 17.7 Å². The molecule has 9 nitrogen and oxygen atoms in total. The van der Waals surface area contributed by atoms with E-state index in [1.54, 1.807) is 43.0 Å². The predicted octanol–water partition coefficient (Wildman–Crippen LogP) is 2.14. The Hall–Kier alpha value is -3.37. The first-order valence-electron chi connectivity index (χ1n) is 13.1. The third-order valence-electron chi connectivity index (χ3n) is 6.58. The van der Waals surface area contributed by atoms with E-state index < -0.39 is 47.9 Å². The van der Waals surface area contributed by atoms with Crippen molar-refractivity contribution in [3.05, 3.63) is 71.8 Å². The van der Waals surface area contributed by atoms with Crippen LogP contribution in [0, 0.1) is 5.92 Å². The van der Waals surface area contributed by atoms with Crippen LogP contribution in [0.2, 0.25) is 0 Å². The Balaban J connectivity index is 2.21. The zero-order valence-electron chi connectivity index (χ0n) is 22.8. The summed E-state index contributed by atoms with van der Waals surface area (Å²) in [5.41, 5.74) is 7.62. The highest BCUT2D eigenvalue weighted by Crippen LogP contribution is 2.12. The number of benzene rings is 2. The summed E-state index contributed by atoms with van der Waals surface area (Å²) in [6.45, 7) is 3.68. The van der Waals surface area contributed by atoms with Crippen LogP contribution < -0.4 is 21.7 Å². The third-order valence-corrected chi connectivity index (χ3v) is 7.22. The standard InChI is InChI=1S/C29H40N4O5S/c1-4-19(2)25(28(36)32-24(29(37)38)18-21-13-9-6-10-14-21)33-27(35)23(17-20-11-7-5-8-12-20)31-26(34)22(30)15-16-39-3/h5-14,19,22-25H,4,15-18,30H2,1-3H3,(H,31,34)(H,32,36)(H,33,35)(H,37,38). The molecule has 2 rings (SSSR count). The average molecular weight is 557 g/mol. The number of thioether (sulfide) groups is 1. The number of carbonyl (C=O) groups is 4. The van der Waals surface area contributed by atoms with Crippen molar-refractivity contribution >= 4 is 35.5 Å². The van der Waals surface area contributed by atoms with Gasteiger partial charge in [-0.05, 0) is 35.5 Å². The van der Waals surface area contributed by atoms with E-state index in [4.69, 9.17) is 5.73 Å². The van der Waals surface area contributed by atoms with Crippen molar-refractivity contribution in [3.8, 4) is 0 Å². The Kier molecular flexibility index (Phi) is 13.5. The molecule has 0 aliphatic heterocycles. The van der Waals surface area contributed by atoms with Crippen LogP contribution in [0.4, 0.5) is 0 Å². The number of carbonyl (C=O) groups excluding carboxylic acids is 3. The SMILES string of the molecule is CCC(C)C(NC(=O)C(Cc1ccccc1)NC(=O)C(N)CCSC)C(=O)NC(Cc1ccccc1)C(=O)O. The maximum Gasteiger partial charge on any atom is 0.326 e. The Labute approximate surface area is 234 Å². The predicted molar refractivity (Wildman–Crippen MR) is 154 cm³/mol. The lowest BCUT2D eigenvalue weighted by atomic mass is 9.96. The molecule has 5 atom stereocenters. The van der Waals surface area contributed by atoms with E-state index >= 15 is 0 Å². The molecule has 0 bridgehead atoms. The molecule has 0 radical (unpaired) electrons. The molecular formula is C29H40N4O5S. The van der Waals surface area contributed by atoms with Gasteiger partial charge < -0.3 is 26.8 Å². The summed E-state index contributed by atoms with van der Waals surface area (Å²) in [5.74, 6) is -2.35. The molecule has 39 heavy (non-hydrogen) atoms. The van der Waals surface area contributed by atoms with Crippen LogP contribution in [0.1, 0.15) is 37.8 Å². The number of hydrogen-bond donors (Lipinski definition) is 5. The average Bonchev–Trinajstić information content (AvgIpc) is 2.94. The fourth-order valence-corrected chi connectivity index (χ4v) is 4.47. The van der Waals surface area contributed by atoms with Crippen molar-refractivity contribution in [1.82, 2.24) is 16.0 Å². The maximum absolute atomic E-state index is 13.5. The lowest BCUT2D eigenvalue weighted by Gasteiger charge is -2.28. The van der Waals surface area contributed by atoms with Gasteiger partial charge in [-0.25, -0.2) is 4.79 Å². The first kappa shape index (κ1) is 31.8. The number of carboxylic acid groups (broad SMARTS) is 1. The van der Waals surface area contributed by atoms with Crippen molar-refractivity contribution in [2.45, 2.75) is 63.7 Å². The minimum atomic E-state index is -1.17. The molecule has 0 aliphatic carbocycles. The van der Waals surface area contributed by atoms with Gasteiger partial charge in [0.15, 0.2) is 0 Å². The van der Waals surface area contributed by atoms with Gasteiger partial charge in [0.25, 0.3) is 0 Å². The summed E-state index contributed by atoms with van der Waals surface area (Å²) >= 11 is 1.57. The molecule has 0 heterocycles. The summed E-state index contributed by atoms with van der Waals surface area (Å²) in [5, 5.41) is 17.9. The monoisotopic (exact) mass is 556 g/mol. The fourth-order valence-electron chi connectivity index (χ4n) is 3.98. The molecule has 6 N–H and O–H groups in total. The van der Waals surface area contributed by atoms with Crippen LogP contribution in [0.5, 0.6) is 0 Å². The van der Waals surface area contributed by atoms with E-state index in [9.17, 15) is 24.3 Å². The number of rotatable bonds is 16. The van der Waals surface area contributed by atoms with Crippen molar-refractivity contribution in [2.75, 3.05) is 12.0 Å². The second-order valence-corrected chi connectivity index (χ2v) is 10.6. The highest BCUT2D eigenvalue weighted by molar-refractivity contribution is 7.98. The lowest BCUT2D eigenvalue weighted by Crippen LogP contribution is -2.59. The van der Waals surface area contributed by atoms with Gasteiger partial charge in [0.1, 0.15) is 18.1 Å². The van der Waals surface area contributed by atoms with Gasteiger partial charge >= 0.3 is 5.97 Å². The Morgan fingerprint density at radius 1 is 0.821 bits per heavy atom. The Morgan fingerprint density at radius 2 is 1.33 bits per heavy atom.